The number of benzene rings is 2. The Morgan fingerprint density at radius 3 is 2.42 bits per heavy atom. The molecule has 1 atom stereocenters. The summed E-state index contributed by atoms with van der Waals surface area (Å²) in [5.74, 6) is -0.895. The number of ketones is 1. The van der Waals surface area contributed by atoms with E-state index in [1.165, 1.54) is 4.90 Å². The molecule has 1 saturated heterocycles. The molecular weight excluding hydrogens is 416 g/mol. The second-order valence-corrected chi connectivity index (χ2v) is 8.48. The first-order chi connectivity index (χ1) is 14.7. The number of likely N-dealkylation sites (N-methyl/N-ethyl adjacent to an activating group) is 1. The normalized spacial score (nSPS) is 18.3. The fraction of sp³-hybridized carbons (Fsp3) is 0.333. The number of halogens is 1. The van der Waals surface area contributed by atoms with E-state index < -0.39 is 17.7 Å². The van der Waals surface area contributed by atoms with Crippen LogP contribution < -0.4 is 4.74 Å². The predicted octanol–water partition coefficient (Wildman–Crippen LogP) is 4.11. The number of aliphatic hydroxyl groups excluding tert-OH is 1. The molecule has 2 aromatic carbocycles. The lowest BCUT2D eigenvalue weighted by Gasteiger charge is -2.26. The topological polar surface area (TPSA) is 70.1 Å². The number of Topliss-reactive ketones (excluding diaryl/α,β-unsaturated/α-hetero) is 1. The van der Waals surface area contributed by atoms with Crippen molar-refractivity contribution in [3.63, 3.8) is 0 Å². The van der Waals surface area contributed by atoms with E-state index in [1.807, 2.05) is 32.8 Å². The number of likely N-dealkylation sites (tertiary alicyclic amines) is 1. The zero-order chi connectivity index (χ0) is 22.7. The minimum absolute atomic E-state index is 0.0179. The van der Waals surface area contributed by atoms with Crippen LogP contribution in [0.1, 0.15) is 31.0 Å². The number of carbonyl (C=O) groups excluding carboxylic acids is 2. The van der Waals surface area contributed by atoms with Crippen LogP contribution in [0.25, 0.3) is 5.76 Å². The van der Waals surface area contributed by atoms with Gasteiger partial charge in [0.05, 0.1) is 17.7 Å². The van der Waals surface area contributed by atoms with Crippen LogP contribution in [-0.2, 0) is 9.59 Å². The van der Waals surface area contributed by atoms with Crippen molar-refractivity contribution in [3.8, 4) is 5.75 Å². The first-order valence-electron chi connectivity index (χ1n) is 10.1. The summed E-state index contributed by atoms with van der Waals surface area (Å²) < 4.78 is 5.64. The molecule has 6 nitrogen and oxygen atoms in total. The fourth-order valence-electron chi connectivity index (χ4n) is 3.56. The second kappa shape index (κ2) is 9.54. The molecule has 0 aromatic heterocycles. The van der Waals surface area contributed by atoms with Crippen LogP contribution in [-0.4, -0.2) is 59.9 Å². The third-order valence-electron chi connectivity index (χ3n) is 4.99. The summed E-state index contributed by atoms with van der Waals surface area (Å²) in [7, 11) is 3.79. The molecule has 164 valence electrons. The van der Waals surface area contributed by atoms with E-state index in [2.05, 4.69) is 0 Å². The molecule has 3 rings (SSSR count). The van der Waals surface area contributed by atoms with Crippen LogP contribution in [0.5, 0.6) is 5.75 Å². The third-order valence-corrected chi connectivity index (χ3v) is 5.23. The minimum Gasteiger partial charge on any atom is -0.507 e. The van der Waals surface area contributed by atoms with E-state index in [0.717, 1.165) is 0 Å². The Kier molecular flexibility index (Phi) is 7.03. The maximum Gasteiger partial charge on any atom is 0.295 e. The minimum atomic E-state index is -0.717. The summed E-state index contributed by atoms with van der Waals surface area (Å²) in [5.41, 5.74) is 1.17. The van der Waals surface area contributed by atoms with Gasteiger partial charge in [0.25, 0.3) is 11.7 Å². The SMILES string of the molecule is CC(C)Oc1ccc(C(O)=C2C(=O)C(=O)N(CCN(C)C)[C@@H]2c2cccc(Cl)c2)cc1. The highest BCUT2D eigenvalue weighted by Crippen LogP contribution is 2.40. The first kappa shape index (κ1) is 22.8. The highest BCUT2D eigenvalue weighted by Gasteiger charge is 2.45. The predicted molar refractivity (Wildman–Crippen MR) is 121 cm³/mol. The number of nitrogens with zero attached hydrogens (tertiary/aromatic N) is 2. The molecule has 0 saturated carbocycles. The number of aliphatic hydroxyl groups is 1. The fourth-order valence-corrected chi connectivity index (χ4v) is 3.76. The lowest BCUT2D eigenvalue weighted by Crippen LogP contribution is -2.35. The molecule has 1 aliphatic heterocycles. The van der Waals surface area contributed by atoms with Crippen LogP contribution >= 0.6 is 11.6 Å². The van der Waals surface area contributed by atoms with Gasteiger partial charge in [-0.15, -0.1) is 0 Å². The van der Waals surface area contributed by atoms with Crippen molar-refractivity contribution in [3.05, 3.63) is 70.3 Å². The Morgan fingerprint density at radius 2 is 1.84 bits per heavy atom. The van der Waals surface area contributed by atoms with E-state index in [0.29, 0.717) is 35.0 Å². The van der Waals surface area contributed by atoms with Crippen molar-refractivity contribution in [2.45, 2.75) is 26.0 Å². The third kappa shape index (κ3) is 5.09. The smallest absolute Gasteiger partial charge is 0.295 e. The number of rotatable bonds is 7. The molecule has 1 aliphatic rings. The molecule has 0 bridgehead atoms. The molecule has 7 heteroatoms. The zero-order valence-electron chi connectivity index (χ0n) is 18.1. The monoisotopic (exact) mass is 442 g/mol. The summed E-state index contributed by atoms with van der Waals surface area (Å²) >= 11 is 6.19. The molecule has 0 aliphatic carbocycles. The summed E-state index contributed by atoms with van der Waals surface area (Å²) in [5, 5.41) is 11.6. The molecule has 31 heavy (non-hydrogen) atoms. The van der Waals surface area contributed by atoms with Crippen molar-refractivity contribution in [2.75, 3.05) is 27.2 Å². The summed E-state index contributed by atoms with van der Waals surface area (Å²) in [6.45, 7) is 4.76. The number of amides is 1. The molecule has 2 aromatic rings. The van der Waals surface area contributed by atoms with Crippen LogP contribution in [0.4, 0.5) is 0 Å². The van der Waals surface area contributed by atoms with Crippen LogP contribution in [0.15, 0.2) is 54.1 Å². The largest absolute Gasteiger partial charge is 0.507 e. The molecule has 0 unspecified atom stereocenters. The van der Waals surface area contributed by atoms with Crippen molar-refractivity contribution in [2.24, 2.45) is 0 Å². The highest BCUT2D eigenvalue weighted by atomic mass is 35.5. The second-order valence-electron chi connectivity index (χ2n) is 8.04. The molecule has 1 heterocycles. The number of hydrogen-bond acceptors (Lipinski definition) is 5. The Bertz CT molecular complexity index is 999. The van der Waals surface area contributed by atoms with Gasteiger partial charge in [0.2, 0.25) is 0 Å². The van der Waals surface area contributed by atoms with Crippen molar-refractivity contribution < 1.29 is 19.4 Å². The number of ether oxygens (including phenoxy) is 1. The molecule has 1 N–H and O–H groups in total. The van der Waals surface area contributed by atoms with Crippen molar-refractivity contribution in [1.82, 2.24) is 9.80 Å². The van der Waals surface area contributed by atoms with Gasteiger partial charge < -0.3 is 19.6 Å². The lowest BCUT2D eigenvalue weighted by molar-refractivity contribution is -0.140. The standard InChI is InChI=1S/C24H27ClN2O4/c1-15(2)31-19-10-8-16(9-11-19)22(28)20-21(17-6-5-7-18(25)14-17)27(13-12-26(3)4)24(30)23(20)29/h5-11,14-15,21,28H,12-13H2,1-4H3/t21-/m1/s1. The number of carbonyl (C=O) groups is 2. The van der Waals surface area contributed by atoms with E-state index >= 15 is 0 Å². The average Bonchev–Trinajstić information content (AvgIpc) is 2.96. The van der Waals surface area contributed by atoms with E-state index in [4.69, 9.17) is 16.3 Å². The van der Waals surface area contributed by atoms with Gasteiger partial charge in [-0.1, -0.05) is 23.7 Å². The van der Waals surface area contributed by atoms with Gasteiger partial charge in [0.15, 0.2) is 0 Å². The maximum absolute atomic E-state index is 13.0. The Morgan fingerprint density at radius 1 is 1.16 bits per heavy atom. The molecule has 1 amide bonds. The zero-order valence-corrected chi connectivity index (χ0v) is 18.9. The summed E-state index contributed by atoms with van der Waals surface area (Å²) in [6, 6.07) is 13.1. The molecular formula is C24H27ClN2O4. The highest BCUT2D eigenvalue weighted by molar-refractivity contribution is 6.46. The van der Waals surface area contributed by atoms with Crippen molar-refractivity contribution in [1.29, 1.82) is 0 Å². The van der Waals surface area contributed by atoms with Gasteiger partial charge in [-0.3, -0.25) is 9.59 Å². The van der Waals surface area contributed by atoms with Gasteiger partial charge in [-0.05, 0) is 69.9 Å². The van der Waals surface area contributed by atoms with Crippen molar-refractivity contribution >= 4 is 29.1 Å². The van der Waals surface area contributed by atoms with Crippen LogP contribution in [0.3, 0.4) is 0 Å². The average molecular weight is 443 g/mol. The van der Waals surface area contributed by atoms with Crippen LogP contribution in [0.2, 0.25) is 5.02 Å². The number of hydrogen-bond donors (Lipinski definition) is 1. The van der Waals surface area contributed by atoms with Crippen LogP contribution in [0, 0.1) is 0 Å². The van der Waals surface area contributed by atoms with E-state index in [-0.39, 0.29) is 17.4 Å². The van der Waals surface area contributed by atoms with Gasteiger partial charge in [-0.25, -0.2) is 0 Å². The summed E-state index contributed by atoms with van der Waals surface area (Å²) in [4.78, 5) is 29.3. The Labute approximate surface area is 187 Å². The van der Waals surface area contributed by atoms with Gasteiger partial charge >= 0.3 is 0 Å². The molecule has 1 fully saturated rings. The van der Waals surface area contributed by atoms with E-state index in [1.54, 1.807) is 48.5 Å². The van der Waals surface area contributed by atoms with Gasteiger partial charge in [0, 0.05) is 23.7 Å². The van der Waals surface area contributed by atoms with E-state index in [9.17, 15) is 14.7 Å². The summed E-state index contributed by atoms with van der Waals surface area (Å²) in [6.07, 6.45) is 0.0179. The van der Waals surface area contributed by atoms with Gasteiger partial charge in [-0.2, -0.15) is 0 Å². The molecule has 0 spiro atoms. The molecule has 0 radical (unpaired) electrons. The lowest BCUT2D eigenvalue weighted by atomic mass is 9.95. The maximum atomic E-state index is 13.0. The quantitative estimate of drug-likeness (QED) is 0.397. The Hall–Kier alpha value is -2.83. The van der Waals surface area contributed by atoms with Gasteiger partial charge in [0.1, 0.15) is 11.5 Å². The Balaban J connectivity index is 2.08. The first-order valence-corrected chi connectivity index (χ1v) is 10.5.